The van der Waals surface area contributed by atoms with E-state index in [0.717, 1.165) is 11.3 Å². The van der Waals surface area contributed by atoms with E-state index in [2.05, 4.69) is 10.1 Å². The van der Waals surface area contributed by atoms with Crippen molar-refractivity contribution in [3.05, 3.63) is 54.0 Å². The summed E-state index contributed by atoms with van der Waals surface area (Å²) in [5.74, 6) is 0.285. The van der Waals surface area contributed by atoms with Crippen LogP contribution in [0.2, 0.25) is 0 Å². The molecular formula is C19H21N5O3. The number of aromatic nitrogens is 3. The molecule has 8 heteroatoms. The van der Waals surface area contributed by atoms with Gasteiger partial charge in [0.25, 0.3) is 5.91 Å². The topological polar surface area (TPSA) is 84.5 Å². The van der Waals surface area contributed by atoms with Crippen molar-refractivity contribution in [2.24, 2.45) is 0 Å². The molecule has 3 aromatic rings. The minimum atomic E-state index is -0.440. The first-order valence-corrected chi connectivity index (χ1v) is 8.40. The summed E-state index contributed by atoms with van der Waals surface area (Å²) < 4.78 is 7.02. The summed E-state index contributed by atoms with van der Waals surface area (Å²) in [6.45, 7) is 1.92. The van der Waals surface area contributed by atoms with E-state index in [9.17, 15) is 9.59 Å². The summed E-state index contributed by atoms with van der Waals surface area (Å²) in [6.07, 6.45) is 1.54. The number of furan rings is 1. The van der Waals surface area contributed by atoms with Gasteiger partial charge in [0.05, 0.1) is 18.5 Å². The van der Waals surface area contributed by atoms with Gasteiger partial charge in [0.2, 0.25) is 11.7 Å². The van der Waals surface area contributed by atoms with Crippen molar-refractivity contribution in [1.29, 1.82) is 0 Å². The summed E-state index contributed by atoms with van der Waals surface area (Å²) in [7, 11) is 4.82. The van der Waals surface area contributed by atoms with Gasteiger partial charge in [0.1, 0.15) is 0 Å². The van der Waals surface area contributed by atoms with E-state index < -0.39 is 5.91 Å². The number of benzene rings is 1. The van der Waals surface area contributed by atoms with Crippen molar-refractivity contribution in [2.75, 3.05) is 27.7 Å². The maximum atomic E-state index is 12.7. The molecule has 0 N–H and O–H groups in total. The zero-order valence-corrected chi connectivity index (χ0v) is 15.7. The Kier molecular flexibility index (Phi) is 5.07. The van der Waals surface area contributed by atoms with Crippen LogP contribution in [0, 0.1) is 6.92 Å². The molecule has 8 nitrogen and oxygen atoms in total. The van der Waals surface area contributed by atoms with Crippen molar-refractivity contribution in [3.8, 4) is 17.3 Å². The van der Waals surface area contributed by atoms with Gasteiger partial charge in [-0.2, -0.15) is 4.98 Å². The normalized spacial score (nSPS) is 10.7. The van der Waals surface area contributed by atoms with Crippen LogP contribution in [0.4, 0.5) is 0 Å². The second-order valence-corrected chi connectivity index (χ2v) is 6.44. The Balaban J connectivity index is 1.99. The van der Waals surface area contributed by atoms with Gasteiger partial charge in [-0.3, -0.25) is 9.59 Å². The number of carbonyl (C=O) groups excluding carboxylic acids is 2. The number of carbonyl (C=O) groups is 2. The third kappa shape index (κ3) is 3.89. The third-order valence-corrected chi connectivity index (χ3v) is 4.00. The maximum Gasteiger partial charge on any atom is 0.293 e. The van der Waals surface area contributed by atoms with Gasteiger partial charge in [-0.15, -0.1) is 5.10 Å². The Morgan fingerprint density at radius 3 is 2.56 bits per heavy atom. The molecule has 2 aromatic heterocycles. The predicted molar refractivity (Wildman–Crippen MR) is 99.5 cm³/mol. The van der Waals surface area contributed by atoms with Gasteiger partial charge in [-0.25, -0.2) is 4.68 Å². The number of hydrogen-bond donors (Lipinski definition) is 0. The molecule has 0 aliphatic heterocycles. The molecular weight excluding hydrogens is 346 g/mol. The highest BCUT2D eigenvalue weighted by Crippen LogP contribution is 2.22. The first-order valence-electron chi connectivity index (χ1n) is 8.40. The van der Waals surface area contributed by atoms with Gasteiger partial charge in [-0.05, 0) is 36.8 Å². The standard InChI is InChI=1S/C19H21N5O3/c1-13-7-5-8-14(11-13)24-18(15-9-6-10-27-15)20-17(21-24)19(26)23(4)12-16(25)22(2)3/h5-11H,12H2,1-4H3. The molecule has 2 heterocycles. The molecule has 0 radical (unpaired) electrons. The lowest BCUT2D eigenvalue weighted by Crippen LogP contribution is -2.38. The Morgan fingerprint density at radius 1 is 1.15 bits per heavy atom. The lowest BCUT2D eigenvalue weighted by atomic mass is 10.2. The quantitative estimate of drug-likeness (QED) is 0.689. The molecule has 0 aliphatic carbocycles. The second kappa shape index (κ2) is 7.45. The largest absolute Gasteiger partial charge is 0.461 e. The first kappa shape index (κ1) is 18.4. The highest BCUT2D eigenvalue weighted by Gasteiger charge is 2.24. The fourth-order valence-corrected chi connectivity index (χ4v) is 2.49. The van der Waals surface area contributed by atoms with Crippen molar-refractivity contribution in [2.45, 2.75) is 6.92 Å². The molecule has 0 fully saturated rings. The van der Waals surface area contributed by atoms with Crippen molar-refractivity contribution < 1.29 is 14.0 Å². The zero-order valence-electron chi connectivity index (χ0n) is 15.7. The molecule has 2 amide bonds. The van der Waals surface area contributed by atoms with Crippen LogP contribution in [0.15, 0.2) is 47.1 Å². The summed E-state index contributed by atoms with van der Waals surface area (Å²) in [6, 6.07) is 11.2. The summed E-state index contributed by atoms with van der Waals surface area (Å²) in [4.78, 5) is 31.7. The van der Waals surface area contributed by atoms with E-state index in [0.29, 0.717) is 11.6 Å². The number of amides is 2. The van der Waals surface area contributed by atoms with Crippen LogP contribution in [0.5, 0.6) is 0 Å². The molecule has 0 saturated heterocycles. The average molecular weight is 367 g/mol. The molecule has 0 aliphatic rings. The molecule has 0 unspecified atom stereocenters. The summed E-state index contributed by atoms with van der Waals surface area (Å²) in [5, 5.41) is 4.38. The van der Waals surface area contributed by atoms with Crippen molar-refractivity contribution >= 4 is 11.8 Å². The monoisotopic (exact) mass is 367 g/mol. The van der Waals surface area contributed by atoms with Gasteiger partial charge >= 0.3 is 0 Å². The number of rotatable bonds is 5. The van der Waals surface area contributed by atoms with Crippen LogP contribution in [0.3, 0.4) is 0 Å². The van der Waals surface area contributed by atoms with Gasteiger partial charge < -0.3 is 14.2 Å². The van der Waals surface area contributed by atoms with E-state index in [1.165, 1.54) is 16.1 Å². The van der Waals surface area contributed by atoms with Crippen LogP contribution in [-0.4, -0.2) is 64.1 Å². The number of nitrogens with zero attached hydrogens (tertiary/aromatic N) is 5. The molecule has 0 atom stereocenters. The molecule has 0 bridgehead atoms. The Bertz CT molecular complexity index is 960. The molecule has 0 spiro atoms. The third-order valence-electron chi connectivity index (χ3n) is 4.00. The maximum absolute atomic E-state index is 12.7. The molecule has 27 heavy (non-hydrogen) atoms. The van der Waals surface area contributed by atoms with E-state index in [4.69, 9.17) is 4.42 Å². The number of likely N-dealkylation sites (N-methyl/N-ethyl adjacent to an activating group) is 2. The lowest BCUT2D eigenvalue weighted by molar-refractivity contribution is -0.129. The van der Waals surface area contributed by atoms with E-state index in [-0.39, 0.29) is 18.3 Å². The average Bonchev–Trinajstić information content (AvgIpc) is 3.30. The highest BCUT2D eigenvalue weighted by molar-refractivity contribution is 5.93. The van der Waals surface area contributed by atoms with Crippen LogP contribution in [0.25, 0.3) is 17.3 Å². The fraction of sp³-hybridized carbons (Fsp3) is 0.263. The lowest BCUT2D eigenvalue weighted by Gasteiger charge is -2.17. The van der Waals surface area contributed by atoms with Crippen LogP contribution < -0.4 is 0 Å². The van der Waals surface area contributed by atoms with Crippen LogP contribution in [0.1, 0.15) is 16.2 Å². The van der Waals surface area contributed by atoms with Crippen molar-refractivity contribution in [3.63, 3.8) is 0 Å². The zero-order chi connectivity index (χ0) is 19.6. The minimum Gasteiger partial charge on any atom is -0.461 e. The van der Waals surface area contributed by atoms with Crippen LogP contribution >= 0.6 is 0 Å². The Hall–Kier alpha value is -3.42. The predicted octanol–water partition coefficient (Wildman–Crippen LogP) is 2.00. The second-order valence-electron chi connectivity index (χ2n) is 6.44. The van der Waals surface area contributed by atoms with Gasteiger partial charge in [0.15, 0.2) is 11.6 Å². The molecule has 1 aromatic carbocycles. The van der Waals surface area contributed by atoms with E-state index in [1.807, 2.05) is 31.2 Å². The molecule has 140 valence electrons. The Labute approximate surface area is 157 Å². The molecule has 3 rings (SSSR count). The van der Waals surface area contributed by atoms with Gasteiger partial charge in [-0.1, -0.05) is 12.1 Å². The SMILES string of the molecule is Cc1cccc(-n2nc(C(=O)N(C)CC(=O)N(C)C)nc2-c2ccco2)c1. The van der Waals surface area contributed by atoms with Crippen LogP contribution in [-0.2, 0) is 4.79 Å². The van der Waals surface area contributed by atoms with Crippen molar-refractivity contribution in [1.82, 2.24) is 24.6 Å². The Morgan fingerprint density at radius 2 is 1.93 bits per heavy atom. The number of aryl methyl sites for hydroxylation is 1. The summed E-state index contributed by atoms with van der Waals surface area (Å²) >= 11 is 0. The van der Waals surface area contributed by atoms with E-state index in [1.54, 1.807) is 38.0 Å². The first-order chi connectivity index (χ1) is 12.9. The summed E-state index contributed by atoms with van der Waals surface area (Å²) in [5.41, 5.74) is 1.81. The smallest absolute Gasteiger partial charge is 0.293 e. The molecule has 0 saturated carbocycles. The fourth-order valence-electron chi connectivity index (χ4n) is 2.49. The van der Waals surface area contributed by atoms with Gasteiger partial charge in [0, 0.05) is 21.1 Å². The number of hydrogen-bond acceptors (Lipinski definition) is 5. The van der Waals surface area contributed by atoms with E-state index >= 15 is 0 Å². The minimum absolute atomic E-state index is 0.00281. The highest BCUT2D eigenvalue weighted by atomic mass is 16.3.